The number of rotatable bonds is 0. The molecule has 3 amide bonds. The van der Waals surface area contributed by atoms with Gasteiger partial charge in [0.25, 0.3) is 5.91 Å². The highest BCUT2D eigenvalue weighted by atomic mass is 16.2. The van der Waals surface area contributed by atoms with Crippen LogP contribution in [-0.4, -0.2) is 47.7 Å². The molecule has 1 rings (SSSR count). The van der Waals surface area contributed by atoms with Crippen LogP contribution in [0.15, 0.2) is 0 Å². The fraction of sp³-hybridized carbons (Fsp3) is 0.500. The summed E-state index contributed by atoms with van der Waals surface area (Å²) >= 11 is 0. The van der Waals surface area contributed by atoms with Crippen molar-refractivity contribution in [1.29, 1.82) is 5.41 Å². The van der Waals surface area contributed by atoms with Gasteiger partial charge in [-0.15, -0.1) is 0 Å². The summed E-state index contributed by atoms with van der Waals surface area (Å²) in [4.78, 5) is 24.2. The van der Waals surface area contributed by atoms with Gasteiger partial charge in [-0.1, -0.05) is 0 Å². The lowest BCUT2D eigenvalue weighted by Gasteiger charge is -2.34. The van der Waals surface area contributed by atoms with E-state index in [1.165, 1.54) is 14.1 Å². The molecular weight excluding hydrogens is 160 g/mol. The number of hydrogen-bond acceptors (Lipinski definition) is 4. The van der Waals surface area contributed by atoms with E-state index in [4.69, 9.17) is 11.1 Å². The third kappa shape index (κ3) is 0.964. The Morgan fingerprint density at radius 3 is 2.42 bits per heavy atom. The Kier molecular flexibility index (Phi) is 1.85. The highest BCUT2D eigenvalue weighted by Crippen LogP contribution is 2.06. The van der Waals surface area contributed by atoms with Gasteiger partial charge < -0.3 is 10.6 Å². The van der Waals surface area contributed by atoms with E-state index in [1.807, 2.05) is 0 Å². The molecule has 1 fully saturated rings. The predicted molar refractivity (Wildman–Crippen MR) is 41.6 cm³/mol. The summed E-state index contributed by atoms with van der Waals surface area (Å²) in [5, 5.41) is 7.24. The molecule has 66 valence electrons. The average molecular weight is 170 g/mol. The van der Waals surface area contributed by atoms with Gasteiger partial charge in [0.1, 0.15) is 11.9 Å². The minimum atomic E-state index is -0.916. The zero-order valence-corrected chi connectivity index (χ0v) is 6.87. The maximum atomic E-state index is 11.1. The molecule has 0 radical (unpaired) electrons. The molecule has 1 aliphatic rings. The molecule has 1 aliphatic heterocycles. The van der Waals surface area contributed by atoms with Crippen molar-refractivity contribution in [2.45, 2.75) is 6.17 Å². The predicted octanol–water partition coefficient (Wildman–Crippen LogP) is -1.19. The molecule has 1 unspecified atom stereocenters. The molecule has 12 heavy (non-hydrogen) atoms. The van der Waals surface area contributed by atoms with Crippen molar-refractivity contribution in [2.75, 3.05) is 14.1 Å². The average Bonchev–Trinajstić information content (AvgIpc) is 2.08. The van der Waals surface area contributed by atoms with Crippen molar-refractivity contribution in [3.8, 4) is 0 Å². The Hall–Kier alpha value is -1.43. The van der Waals surface area contributed by atoms with Crippen molar-refractivity contribution in [2.24, 2.45) is 5.73 Å². The summed E-state index contributed by atoms with van der Waals surface area (Å²) in [6, 6.07) is -0.483. The van der Waals surface area contributed by atoms with Crippen LogP contribution in [0, 0.1) is 5.41 Å². The fourth-order valence-electron chi connectivity index (χ4n) is 0.943. The molecule has 0 saturated carbocycles. The van der Waals surface area contributed by atoms with Crippen LogP contribution >= 0.6 is 0 Å². The van der Waals surface area contributed by atoms with Gasteiger partial charge in [-0.2, -0.15) is 0 Å². The van der Waals surface area contributed by atoms with E-state index in [9.17, 15) is 9.59 Å². The monoisotopic (exact) mass is 170 g/mol. The molecule has 1 atom stereocenters. The minimum Gasteiger partial charge on any atom is -0.306 e. The van der Waals surface area contributed by atoms with E-state index in [0.29, 0.717) is 0 Å². The third-order valence-electron chi connectivity index (χ3n) is 1.84. The first-order chi connectivity index (χ1) is 5.46. The van der Waals surface area contributed by atoms with Gasteiger partial charge in [0, 0.05) is 14.1 Å². The lowest BCUT2D eigenvalue weighted by atomic mass is 10.2. The second-order valence-electron chi connectivity index (χ2n) is 2.62. The Bertz CT molecular complexity index is 262. The van der Waals surface area contributed by atoms with Gasteiger partial charge in [-0.3, -0.25) is 15.1 Å². The molecule has 0 aromatic rings. The largest absolute Gasteiger partial charge is 0.328 e. The van der Waals surface area contributed by atoms with Crippen LogP contribution in [0.4, 0.5) is 4.79 Å². The van der Waals surface area contributed by atoms with Crippen LogP contribution in [0.1, 0.15) is 0 Å². The normalized spacial score (nSPS) is 25.2. The van der Waals surface area contributed by atoms with Gasteiger partial charge in [-0.05, 0) is 0 Å². The van der Waals surface area contributed by atoms with Crippen molar-refractivity contribution in [3.63, 3.8) is 0 Å². The maximum absolute atomic E-state index is 11.1. The van der Waals surface area contributed by atoms with E-state index < -0.39 is 18.1 Å². The molecule has 0 bridgehead atoms. The number of carbonyl (C=O) groups excluding carboxylic acids is 2. The Balaban J connectivity index is 2.99. The van der Waals surface area contributed by atoms with Gasteiger partial charge in [0.2, 0.25) is 0 Å². The van der Waals surface area contributed by atoms with Crippen LogP contribution in [-0.2, 0) is 4.79 Å². The first kappa shape index (κ1) is 8.66. The lowest BCUT2D eigenvalue weighted by molar-refractivity contribution is -0.122. The number of nitrogens with one attached hydrogen (secondary N) is 1. The zero-order valence-electron chi connectivity index (χ0n) is 6.87. The highest BCUT2D eigenvalue weighted by Gasteiger charge is 2.36. The molecule has 1 heterocycles. The maximum Gasteiger partial charge on any atom is 0.328 e. The Morgan fingerprint density at radius 2 is 1.92 bits per heavy atom. The number of nitrogens with two attached hydrogens (primary N) is 1. The number of imide groups is 1. The topological polar surface area (TPSA) is 90.5 Å². The van der Waals surface area contributed by atoms with E-state index >= 15 is 0 Å². The van der Waals surface area contributed by atoms with E-state index in [2.05, 4.69) is 0 Å². The summed E-state index contributed by atoms with van der Waals surface area (Å²) in [5.74, 6) is -0.634. The zero-order chi connectivity index (χ0) is 9.46. The van der Waals surface area contributed by atoms with Crippen molar-refractivity contribution in [1.82, 2.24) is 9.80 Å². The van der Waals surface area contributed by atoms with Crippen LogP contribution < -0.4 is 5.73 Å². The number of hydrogen-bond donors (Lipinski definition) is 2. The molecule has 0 spiro atoms. The summed E-state index contributed by atoms with van der Waals surface area (Å²) < 4.78 is 0. The summed E-state index contributed by atoms with van der Waals surface area (Å²) in [7, 11) is 2.77. The van der Waals surface area contributed by atoms with Gasteiger partial charge >= 0.3 is 6.03 Å². The van der Waals surface area contributed by atoms with Crippen molar-refractivity contribution in [3.05, 3.63) is 0 Å². The SMILES string of the molecule is CN1C(=O)C(=N)C(N)N(C)C1=O. The minimum absolute atomic E-state index is 0.264. The summed E-state index contributed by atoms with van der Waals surface area (Å²) in [5.41, 5.74) is 5.13. The van der Waals surface area contributed by atoms with Gasteiger partial charge in [-0.25, -0.2) is 4.79 Å². The number of carbonyl (C=O) groups is 2. The lowest BCUT2D eigenvalue weighted by Crippen LogP contribution is -2.62. The molecular formula is C6H10N4O2. The molecule has 6 nitrogen and oxygen atoms in total. The molecule has 0 aromatic heterocycles. The van der Waals surface area contributed by atoms with E-state index in [1.54, 1.807) is 0 Å². The van der Waals surface area contributed by atoms with Gasteiger partial charge in [0.15, 0.2) is 0 Å². The second-order valence-corrected chi connectivity index (χ2v) is 2.62. The first-order valence-corrected chi connectivity index (χ1v) is 3.35. The summed E-state index contributed by atoms with van der Waals surface area (Å²) in [6.07, 6.45) is -0.916. The third-order valence-corrected chi connectivity index (χ3v) is 1.84. The number of urea groups is 1. The smallest absolute Gasteiger partial charge is 0.306 e. The molecule has 3 N–H and O–H groups in total. The van der Waals surface area contributed by atoms with Crippen LogP contribution in [0.5, 0.6) is 0 Å². The standard InChI is InChI=1S/C6H10N4O2/c1-9-4(8)3(7)5(11)10(2)6(9)12/h4,7H,8H2,1-2H3. The quantitative estimate of drug-likeness (QED) is 0.479. The van der Waals surface area contributed by atoms with Crippen LogP contribution in [0.3, 0.4) is 0 Å². The molecule has 1 saturated heterocycles. The number of amides is 3. The van der Waals surface area contributed by atoms with Crippen molar-refractivity contribution < 1.29 is 9.59 Å². The first-order valence-electron chi connectivity index (χ1n) is 3.35. The Labute approximate surface area is 69.4 Å². The molecule has 0 aromatic carbocycles. The van der Waals surface area contributed by atoms with Crippen LogP contribution in [0.25, 0.3) is 0 Å². The van der Waals surface area contributed by atoms with Crippen LogP contribution in [0.2, 0.25) is 0 Å². The number of nitrogens with zero attached hydrogens (tertiary/aromatic N) is 2. The van der Waals surface area contributed by atoms with Crippen molar-refractivity contribution >= 4 is 17.6 Å². The van der Waals surface area contributed by atoms with Gasteiger partial charge in [0.05, 0.1) is 0 Å². The van der Waals surface area contributed by atoms with E-state index in [-0.39, 0.29) is 5.71 Å². The fourth-order valence-corrected chi connectivity index (χ4v) is 0.943. The summed E-state index contributed by atoms with van der Waals surface area (Å²) in [6.45, 7) is 0. The van der Waals surface area contributed by atoms with E-state index in [0.717, 1.165) is 9.80 Å². The molecule has 6 heteroatoms. The Morgan fingerprint density at radius 1 is 1.42 bits per heavy atom. The highest BCUT2D eigenvalue weighted by molar-refractivity contribution is 6.43. The molecule has 0 aliphatic carbocycles. The second kappa shape index (κ2) is 2.56.